The summed E-state index contributed by atoms with van der Waals surface area (Å²) in [5, 5.41) is 19.8. The topological polar surface area (TPSA) is 58.9 Å². The Labute approximate surface area is 92.7 Å². The molecule has 4 rings (SSSR count). The molecule has 1 aromatic rings. The Hall–Kier alpha value is -1.36. The van der Waals surface area contributed by atoms with Gasteiger partial charge in [-0.3, -0.25) is 0 Å². The van der Waals surface area contributed by atoms with E-state index in [0.717, 1.165) is 11.1 Å². The van der Waals surface area contributed by atoms with E-state index in [1.54, 1.807) is 13.0 Å². The van der Waals surface area contributed by atoms with Crippen LogP contribution in [-0.4, -0.2) is 16.3 Å². The van der Waals surface area contributed by atoms with Crippen molar-refractivity contribution < 1.29 is 20.0 Å². The van der Waals surface area contributed by atoms with Gasteiger partial charge in [-0.1, -0.05) is 24.3 Å². The molecule has 0 aromatic heterocycles. The van der Waals surface area contributed by atoms with Crippen molar-refractivity contribution in [2.24, 2.45) is 0 Å². The van der Waals surface area contributed by atoms with Gasteiger partial charge in [0.15, 0.2) is 0 Å². The van der Waals surface area contributed by atoms with Crippen LogP contribution in [0, 0.1) is 0 Å². The molecule has 1 aromatic carbocycles. The van der Waals surface area contributed by atoms with Crippen molar-refractivity contribution in [3.8, 4) is 0 Å². The Morgan fingerprint density at radius 3 is 2.81 bits per heavy atom. The quantitative estimate of drug-likeness (QED) is 0.707. The first-order valence-corrected chi connectivity index (χ1v) is 5.19. The predicted octanol–water partition coefficient (Wildman–Crippen LogP) is 1.72. The van der Waals surface area contributed by atoms with Crippen LogP contribution < -0.4 is 0 Å². The zero-order chi connectivity index (χ0) is 11.3. The van der Waals surface area contributed by atoms with Gasteiger partial charge in [0.25, 0.3) is 0 Å². The van der Waals surface area contributed by atoms with Crippen LogP contribution >= 0.6 is 0 Å². The van der Waals surface area contributed by atoms with Crippen LogP contribution in [0.4, 0.5) is 0 Å². The zero-order valence-corrected chi connectivity index (χ0v) is 8.75. The molecule has 0 unspecified atom stereocenters. The molecule has 3 atom stereocenters. The average Bonchev–Trinajstić information content (AvgIpc) is 2.29. The first kappa shape index (κ1) is 9.84. The third-order valence-corrected chi connectivity index (χ3v) is 3.23. The van der Waals surface area contributed by atoms with E-state index in [4.69, 9.17) is 9.78 Å². The van der Waals surface area contributed by atoms with E-state index in [-0.39, 0.29) is 5.76 Å². The zero-order valence-electron chi connectivity index (χ0n) is 8.75. The maximum absolute atomic E-state index is 9.96. The summed E-state index contributed by atoms with van der Waals surface area (Å²) in [4.78, 5) is 10.3. The number of fused-ring (bicyclic) bond motifs is 1. The van der Waals surface area contributed by atoms with Gasteiger partial charge in [-0.05, 0) is 18.6 Å². The minimum atomic E-state index is -1.27. The molecule has 0 amide bonds. The van der Waals surface area contributed by atoms with E-state index in [9.17, 15) is 10.2 Å². The van der Waals surface area contributed by atoms with Crippen molar-refractivity contribution in [1.82, 2.24) is 0 Å². The maximum Gasteiger partial charge on any atom is 0.210 e. The summed E-state index contributed by atoms with van der Waals surface area (Å²) >= 11 is 0. The molecule has 2 aliphatic heterocycles. The van der Waals surface area contributed by atoms with E-state index in [1.807, 2.05) is 24.3 Å². The smallest absolute Gasteiger partial charge is 0.210 e. The van der Waals surface area contributed by atoms with Crippen LogP contribution in [0.2, 0.25) is 0 Å². The van der Waals surface area contributed by atoms with Crippen LogP contribution in [0.5, 0.6) is 0 Å². The summed E-state index contributed by atoms with van der Waals surface area (Å²) in [6.45, 7) is 1.57. The Kier molecular flexibility index (Phi) is 1.89. The molecule has 1 aliphatic carbocycles. The Morgan fingerprint density at radius 2 is 2.12 bits per heavy atom. The second-order valence-corrected chi connectivity index (χ2v) is 4.15. The Bertz CT molecular complexity index is 466. The molecular formula is C12H12O4. The van der Waals surface area contributed by atoms with Gasteiger partial charge in [0, 0.05) is 5.56 Å². The van der Waals surface area contributed by atoms with Gasteiger partial charge in [-0.15, -0.1) is 0 Å². The van der Waals surface area contributed by atoms with Crippen LogP contribution in [-0.2, 0) is 15.4 Å². The highest BCUT2D eigenvalue weighted by atomic mass is 17.2. The molecule has 84 valence electrons. The highest BCUT2D eigenvalue weighted by Crippen LogP contribution is 2.50. The molecule has 16 heavy (non-hydrogen) atoms. The van der Waals surface area contributed by atoms with Crippen molar-refractivity contribution in [3.63, 3.8) is 0 Å². The standard InChI is InChI=1S/C12H12O4/c1-7(13)12-9-5-3-2-4-8(9)10(15-16-12)6-11(12)14/h2-7,10,13-14H,1H3/t7-,10+,12+/m0/s1. The minimum Gasteiger partial charge on any atom is -0.509 e. The summed E-state index contributed by atoms with van der Waals surface area (Å²) in [6, 6.07) is 7.48. The molecule has 4 heteroatoms. The van der Waals surface area contributed by atoms with Crippen molar-refractivity contribution in [2.45, 2.75) is 24.7 Å². The molecular weight excluding hydrogens is 208 g/mol. The summed E-state index contributed by atoms with van der Waals surface area (Å²) in [6.07, 6.45) is 0.279. The van der Waals surface area contributed by atoms with E-state index in [2.05, 4.69) is 0 Å². The molecule has 0 fully saturated rings. The molecule has 2 bridgehead atoms. The highest BCUT2D eigenvalue weighted by Gasteiger charge is 2.53. The summed E-state index contributed by atoms with van der Waals surface area (Å²) in [7, 11) is 0. The van der Waals surface area contributed by atoms with Crippen LogP contribution in [0.3, 0.4) is 0 Å². The van der Waals surface area contributed by atoms with Gasteiger partial charge in [-0.2, -0.15) is 0 Å². The Morgan fingerprint density at radius 1 is 1.38 bits per heavy atom. The van der Waals surface area contributed by atoms with Gasteiger partial charge in [0.1, 0.15) is 11.9 Å². The lowest BCUT2D eigenvalue weighted by molar-refractivity contribution is -0.415. The van der Waals surface area contributed by atoms with Crippen LogP contribution in [0.25, 0.3) is 0 Å². The summed E-state index contributed by atoms with van der Waals surface area (Å²) in [5.74, 6) is 0.0115. The van der Waals surface area contributed by atoms with E-state index in [0.29, 0.717) is 0 Å². The number of hydrogen-bond acceptors (Lipinski definition) is 4. The molecule has 0 spiro atoms. The average molecular weight is 220 g/mol. The molecule has 0 saturated carbocycles. The van der Waals surface area contributed by atoms with E-state index >= 15 is 0 Å². The maximum atomic E-state index is 9.96. The van der Waals surface area contributed by atoms with Crippen molar-refractivity contribution >= 4 is 0 Å². The largest absolute Gasteiger partial charge is 0.509 e. The molecule has 3 aliphatic rings. The number of aliphatic hydroxyl groups excluding tert-OH is 2. The fourth-order valence-corrected chi connectivity index (χ4v) is 2.38. The lowest BCUT2D eigenvalue weighted by atomic mass is 9.77. The third-order valence-electron chi connectivity index (χ3n) is 3.23. The van der Waals surface area contributed by atoms with Crippen molar-refractivity contribution in [1.29, 1.82) is 0 Å². The summed E-state index contributed by atoms with van der Waals surface area (Å²) in [5.41, 5.74) is 0.416. The Balaban J connectivity index is 2.29. The molecule has 0 saturated heterocycles. The van der Waals surface area contributed by atoms with Gasteiger partial charge in [0.05, 0.1) is 6.10 Å². The van der Waals surface area contributed by atoms with Crippen molar-refractivity contribution in [2.75, 3.05) is 0 Å². The highest BCUT2D eigenvalue weighted by molar-refractivity contribution is 5.46. The van der Waals surface area contributed by atoms with Crippen molar-refractivity contribution in [3.05, 3.63) is 47.2 Å². The number of aliphatic hydroxyl groups is 2. The number of rotatable bonds is 1. The van der Waals surface area contributed by atoms with E-state index < -0.39 is 17.8 Å². The summed E-state index contributed by atoms with van der Waals surface area (Å²) < 4.78 is 0. The lowest BCUT2D eigenvalue weighted by Crippen LogP contribution is -2.49. The minimum absolute atomic E-state index is 0.0115. The fourth-order valence-electron chi connectivity index (χ4n) is 2.38. The predicted molar refractivity (Wildman–Crippen MR) is 55.4 cm³/mol. The van der Waals surface area contributed by atoms with E-state index in [1.165, 1.54) is 0 Å². The second-order valence-electron chi connectivity index (χ2n) is 4.15. The fraction of sp³-hybridized carbons (Fsp3) is 0.333. The van der Waals surface area contributed by atoms with Gasteiger partial charge >= 0.3 is 0 Å². The molecule has 0 radical (unpaired) electrons. The van der Waals surface area contributed by atoms with Gasteiger partial charge in [-0.25, -0.2) is 9.78 Å². The first-order valence-electron chi connectivity index (χ1n) is 5.19. The van der Waals surface area contributed by atoms with Crippen LogP contribution in [0.1, 0.15) is 24.2 Å². The molecule has 2 N–H and O–H groups in total. The van der Waals surface area contributed by atoms with Gasteiger partial charge in [0.2, 0.25) is 5.60 Å². The second kappa shape index (κ2) is 3.07. The lowest BCUT2D eigenvalue weighted by Gasteiger charge is -2.44. The third kappa shape index (κ3) is 0.988. The number of hydrogen-bond donors (Lipinski definition) is 2. The first-order chi connectivity index (χ1) is 7.66. The molecule has 2 heterocycles. The monoisotopic (exact) mass is 220 g/mol. The van der Waals surface area contributed by atoms with Gasteiger partial charge < -0.3 is 10.2 Å². The van der Waals surface area contributed by atoms with Crippen LogP contribution in [0.15, 0.2) is 36.1 Å². The number of benzene rings is 1. The molecule has 4 nitrogen and oxygen atoms in total. The SMILES string of the molecule is C[C@H](O)[C@]12OO[C@H](C=C1O)c1ccccc12. The normalized spacial score (nSPS) is 33.1.